The molecule has 1 amide bonds. The van der Waals surface area contributed by atoms with E-state index in [0.717, 1.165) is 4.47 Å². The van der Waals surface area contributed by atoms with Crippen LogP contribution in [0, 0.1) is 0 Å². The van der Waals surface area contributed by atoms with Crippen LogP contribution in [0.1, 0.15) is 12.8 Å². The number of rotatable bonds is 2. The molecule has 7 heteroatoms. The van der Waals surface area contributed by atoms with Gasteiger partial charge in [-0.3, -0.25) is 10.1 Å². The van der Waals surface area contributed by atoms with Gasteiger partial charge in [-0.15, -0.1) is 5.10 Å². The molecule has 0 bridgehead atoms. The molecule has 1 saturated carbocycles. The Kier molecular flexibility index (Phi) is 2.19. The van der Waals surface area contributed by atoms with Crippen LogP contribution in [0.25, 0.3) is 5.65 Å². The molecule has 1 aliphatic carbocycles. The summed E-state index contributed by atoms with van der Waals surface area (Å²) in [6.07, 6.45) is 2.26. The molecule has 3 rings (SSSR count). The Bertz CT molecular complexity index is 607. The number of anilines is 1. The van der Waals surface area contributed by atoms with Gasteiger partial charge in [0.25, 0.3) is 5.91 Å². The average Bonchev–Trinajstić information content (AvgIpc) is 2.90. The van der Waals surface area contributed by atoms with Crippen molar-refractivity contribution in [2.75, 3.05) is 5.32 Å². The maximum atomic E-state index is 13.4. The molecule has 1 N–H and O–H groups in total. The maximum Gasteiger partial charge on any atom is 0.264 e. The number of carbonyl (C=O) groups excluding carboxylic acids is 1. The zero-order valence-corrected chi connectivity index (χ0v) is 10.2. The van der Waals surface area contributed by atoms with E-state index in [0.29, 0.717) is 5.65 Å². The van der Waals surface area contributed by atoms with Crippen molar-refractivity contribution in [3.63, 3.8) is 0 Å². The molecule has 0 radical (unpaired) electrons. The van der Waals surface area contributed by atoms with Gasteiger partial charge in [0, 0.05) is 10.7 Å². The first-order chi connectivity index (χ1) is 8.07. The lowest BCUT2D eigenvalue weighted by Crippen LogP contribution is -2.25. The van der Waals surface area contributed by atoms with E-state index in [9.17, 15) is 9.18 Å². The molecule has 0 unspecified atom stereocenters. The standard InChI is InChI=1S/C10H8BrFN4O/c11-6-1-2-7-13-9(15-16(7)5-6)14-8(17)10(12)3-4-10/h1-2,5H,3-4H2,(H,14,15,17). The van der Waals surface area contributed by atoms with Crippen molar-refractivity contribution in [1.82, 2.24) is 14.6 Å². The summed E-state index contributed by atoms with van der Waals surface area (Å²) in [7, 11) is 0. The average molecular weight is 299 g/mol. The highest BCUT2D eigenvalue weighted by molar-refractivity contribution is 9.10. The van der Waals surface area contributed by atoms with Crippen molar-refractivity contribution in [2.45, 2.75) is 18.5 Å². The predicted octanol–water partition coefficient (Wildman–Crippen LogP) is 1.93. The fraction of sp³-hybridized carbons (Fsp3) is 0.300. The number of nitrogens with zero attached hydrogens (tertiary/aromatic N) is 3. The number of hydrogen-bond acceptors (Lipinski definition) is 3. The zero-order chi connectivity index (χ0) is 12.0. The van der Waals surface area contributed by atoms with Gasteiger partial charge in [0.05, 0.1) is 0 Å². The lowest BCUT2D eigenvalue weighted by atomic mass is 10.3. The molecule has 0 atom stereocenters. The van der Waals surface area contributed by atoms with Crippen molar-refractivity contribution in [1.29, 1.82) is 0 Å². The molecule has 0 spiro atoms. The van der Waals surface area contributed by atoms with Crippen molar-refractivity contribution >= 4 is 33.4 Å². The van der Waals surface area contributed by atoms with Gasteiger partial charge < -0.3 is 0 Å². The molecule has 1 aliphatic rings. The van der Waals surface area contributed by atoms with Crippen LogP contribution in [0.3, 0.4) is 0 Å². The number of amides is 1. The number of nitrogens with one attached hydrogen (secondary N) is 1. The number of hydrogen-bond donors (Lipinski definition) is 1. The minimum atomic E-state index is -1.71. The Hall–Kier alpha value is -1.50. The minimum Gasteiger partial charge on any atom is -0.290 e. The van der Waals surface area contributed by atoms with Crippen LogP contribution in [-0.4, -0.2) is 26.2 Å². The quantitative estimate of drug-likeness (QED) is 0.922. The van der Waals surface area contributed by atoms with Crippen molar-refractivity contribution in [3.05, 3.63) is 22.8 Å². The third kappa shape index (κ3) is 1.90. The summed E-state index contributed by atoms with van der Waals surface area (Å²) in [6.45, 7) is 0. The monoisotopic (exact) mass is 298 g/mol. The lowest BCUT2D eigenvalue weighted by Gasteiger charge is -2.02. The topological polar surface area (TPSA) is 59.3 Å². The van der Waals surface area contributed by atoms with Crippen molar-refractivity contribution < 1.29 is 9.18 Å². The van der Waals surface area contributed by atoms with Gasteiger partial charge in [-0.2, -0.15) is 4.98 Å². The van der Waals surface area contributed by atoms with E-state index >= 15 is 0 Å². The molecule has 5 nitrogen and oxygen atoms in total. The molecule has 2 aromatic heterocycles. The molecule has 1 fully saturated rings. The van der Waals surface area contributed by atoms with E-state index in [1.165, 1.54) is 4.52 Å². The second-order valence-electron chi connectivity index (χ2n) is 4.00. The first-order valence-electron chi connectivity index (χ1n) is 5.09. The largest absolute Gasteiger partial charge is 0.290 e. The highest BCUT2D eigenvalue weighted by atomic mass is 79.9. The maximum absolute atomic E-state index is 13.4. The molecular formula is C10H8BrFN4O. The second kappa shape index (κ2) is 3.49. The number of fused-ring (bicyclic) bond motifs is 1. The Morgan fingerprint density at radius 2 is 2.29 bits per heavy atom. The van der Waals surface area contributed by atoms with Gasteiger partial charge in [-0.1, -0.05) is 0 Å². The Labute approximate surface area is 104 Å². The van der Waals surface area contributed by atoms with Gasteiger partial charge in [0.2, 0.25) is 5.95 Å². The van der Waals surface area contributed by atoms with Crippen LogP contribution < -0.4 is 5.32 Å². The first kappa shape index (κ1) is 10.6. The van der Waals surface area contributed by atoms with Gasteiger partial charge in [0.1, 0.15) is 0 Å². The summed E-state index contributed by atoms with van der Waals surface area (Å²) in [5, 5.41) is 6.41. The summed E-state index contributed by atoms with van der Waals surface area (Å²) in [5.74, 6) is -0.538. The van der Waals surface area contributed by atoms with E-state index in [1.54, 1.807) is 12.3 Å². The minimum absolute atomic E-state index is 0.122. The number of aromatic nitrogens is 3. The second-order valence-corrected chi connectivity index (χ2v) is 4.92. The van der Waals surface area contributed by atoms with Crippen molar-refractivity contribution in [2.24, 2.45) is 0 Å². The molecule has 17 heavy (non-hydrogen) atoms. The summed E-state index contributed by atoms with van der Waals surface area (Å²) >= 11 is 3.30. The van der Waals surface area contributed by atoms with Crippen LogP contribution >= 0.6 is 15.9 Å². The summed E-state index contributed by atoms with van der Waals surface area (Å²) in [4.78, 5) is 15.5. The normalized spacial score (nSPS) is 17.1. The van der Waals surface area contributed by atoms with Crippen LogP contribution in [-0.2, 0) is 4.79 Å². The molecular weight excluding hydrogens is 291 g/mol. The van der Waals surface area contributed by atoms with Crippen LogP contribution in [0.5, 0.6) is 0 Å². The van der Waals surface area contributed by atoms with E-state index in [1.807, 2.05) is 6.07 Å². The zero-order valence-electron chi connectivity index (χ0n) is 8.65. The fourth-order valence-electron chi connectivity index (χ4n) is 1.46. The van der Waals surface area contributed by atoms with E-state index < -0.39 is 11.6 Å². The molecule has 0 aliphatic heterocycles. The summed E-state index contributed by atoms with van der Waals surface area (Å²) < 4.78 is 15.8. The third-order valence-electron chi connectivity index (χ3n) is 2.62. The fourth-order valence-corrected chi connectivity index (χ4v) is 1.79. The van der Waals surface area contributed by atoms with Gasteiger partial charge in [-0.25, -0.2) is 8.91 Å². The van der Waals surface area contributed by atoms with E-state index in [4.69, 9.17) is 0 Å². The molecule has 88 valence electrons. The van der Waals surface area contributed by atoms with Gasteiger partial charge >= 0.3 is 0 Å². The van der Waals surface area contributed by atoms with Gasteiger partial charge in [0.15, 0.2) is 11.3 Å². The Morgan fingerprint density at radius 1 is 1.53 bits per heavy atom. The van der Waals surface area contributed by atoms with Crippen LogP contribution in [0.15, 0.2) is 22.8 Å². The third-order valence-corrected chi connectivity index (χ3v) is 3.09. The molecule has 2 aromatic rings. The Balaban J connectivity index is 1.88. The highest BCUT2D eigenvalue weighted by Crippen LogP contribution is 2.40. The van der Waals surface area contributed by atoms with Crippen LogP contribution in [0.4, 0.5) is 10.3 Å². The summed E-state index contributed by atoms with van der Waals surface area (Å²) in [5.41, 5.74) is -1.12. The Morgan fingerprint density at radius 3 is 3.00 bits per heavy atom. The number of pyridine rings is 1. The van der Waals surface area contributed by atoms with Crippen molar-refractivity contribution in [3.8, 4) is 0 Å². The molecule has 2 heterocycles. The number of carbonyl (C=O) groups is 1. The lowest BCUT2D eigenvalue weighted by molar-refractivity contribution is -0.122. The van der Waals surface area contributed by atoms with Gasteiger partial charge in [-0.05, 0) is 40.9 Å². The van der Waals surface area contributed by atoms with E-state index in [2.05, 4.69) is 31.3 Å². The SMILES string of the molecule is O=C(Nc1nc2ccc(Br)cn2n1)C1(F)CC1. The smallest absolute Gasteiger partial charge is 0.264 e. The predicted molar refractivity (Wildman–Crippen MR) is 62.4 cm³/mol. The van der Waals surface area contributed by atoms with E-state index in [-0.39, 0.29) is 18.8 Å². The number of alkyl halides is 1. The van der Waals surface area contributed by atoms with Crippen LogP contribution in [0.2, 0.25) is 0 Å². The first-order valence-corrected chi connectivity index (χ1v) is 5.88. The highest BCUT2D eigenvalue weighted by Gasteiger charge is 2.51. The number of halogens is 2. The molecule has 0 aromatic carbocycles. The summed E-state index contributed by atoms with van der Waals surface area (Å²) in [6, 6.07) is 3.56. The molecule has 0 saturated heterocycles.